The number of benzene rings is 2. The summed E-state index contributed by atoms with van der Waals surface area (Å²) in [7, 11) is 0. The first kappa shape index (κ1) is 29.5. The summed E-state index contributed by atoms with van der Waals surface area (Å²) in [5.74, 6) is 3.35. The van der Waals surface area contributed by atoms with Crippen LogP contribution in [0.5, 0.6) is 5.75 Å². The maximum atomic E-state index is 12.4. The molecule has 0 N–H and O–H groups in total. The molecule has 0 saturated heterocycles. The monoisotopic (exact) mass is 496 g/mol. The first-order chi connectivity index (χ1) is 16.8. The minimum absolute atomic E-state index is 0.125. The van der Waals surface area contributed by atoms with Crippen LogP contribution in [0.25, 0.3) is 0 Å². The molecule has 3 atom stereocenters. The van der Waals surface area contributed by atoms with Crippen molar-refractivity contribution >= 4 is 17.7 Å². The fourth-order valence-corrected chi connectivity index (χ4v) is 5.39. The average molecular weight is 497 g/mol. The molecule has 3 unspecified atom stereocenters. The first-order valence-corrected chi connectivity index (χ1v) is 14.7. The van der Waals surface area contributed by atoms with E-state index in [0.29, 0.717) is 18.1 Å². The van der Waals surface area contributed by atoms with Gasteiger partial charge in [-0.25, -0.2) is 0 Å². The van der Waals surface area contributed by atoms with E-state index in [9.17, 15) is 4.79 Å². The van der Waals surface area contributed by atoms with Crippen LogP contribution in [0.4, 0.5) is 0 Å². The van der Waals surface area contributed by atoms with Crippen LogP contribution in [0, 0.1) is 23.7 Å². The highest BCUT2D eigenvalue weighted by Crippen LogP contribution is 2.29. The van der Waals surface area contributed by atoms with Crippen LogP contribution >= 0.6 is 11.8 Å². The topological polar surface area (TPSA) is 26.3 Å². The molecule has 35 heavy (non-hydrogen) atoms. The quantitative estimate of drug-likeness (QED) is 0.161. The van der Waals surface area contributed by atoms with E-state index in [2.05, 4.69) is 46.8 Å². The summed E-state index contributed by atoms with van der Waals surface area (Å²) in [5, 5.41) is 0. The van der Waals surface area contributed by atoms with Crippen LogP contribution in [0.2, 0.25) is 0 Å². The molecule has 0 aromatic heterocycles. The zero-order valence-electron chi connectivity index (χ0n) is 22.8. The fourth-order valence-electron chi connectivity index (χ4n) is 4.55. The van der Waals surface area contributed by atoms with Crippen molar-refractivity contribution in [1.29, 1.82) is 0 Å². The molecule has 0 saturated carbocycles. The predicted octanol–water partition coefficient (Wildman–Crippen LogP) is 10.2. The van der Waals surface area contributed by atoms with Crippen LogP contribution in [0.1, 0.15) is 98.8 Å². The lowest BCUT2D eigenvalue weighted by atomic mass is 9.91. The summed E-state index contributed by atoms with van der Waals surface area (Å²) in [4.78, 5) is 14.7. The number of hydrogen-bond acceptors (Lipinski definition) is 3. The number of esters is 1. The summed E-state index contributed by atoms with van der Waals surface area (Å²) in [5.41, 5.74) is 0. The Kier molecular flexibility index (Phi) is 14.2. The minimum Gasteiger partial charge on any atom is -0.427 e. The van der Waals surface area contributed by atoms with Gasteiger partial charge in [0.05, 0.1) is 0 Å². The van der Waals surface area contributed by atoms with Crippen LogP contribution in [-0.4, -0.2) is 5.97 Å². The molecule has 0 radical (unpaired) electrons. The van der Waals surface area contributed by atoms with Gasteiger partial charge in [0.1, 0.15) is 5.75 Å². The lowest BCUT2D eigenvalue weighted by molar-refractivity contribution is -0.135. The zero-order valence-corrected chi connectivity index (χ0v) is 23.6. The molecule has 2 rings (SSSR count). The van der Waals surface area contributed by atoms with Gasteiger partial charge < -0.3 is 4.74 Å². The van der Waals surface area contributed by atoms with Gasteiger partial charge in [-0.05, 0) is 60.1 Å². The normalized spacial score (nSPS) is 14.0. The van der Waals surface area contributed by atoms with E-state index in [1.165, 1.54) is 56.3 Å². The number of ether oxygens (including phenoxy) is 1. The first-order valence-electron chi connectivity index (χ1n) is 13.9. The molecular weight excluding hydrogens is 448 g/mol. The summed E-state index contributed by atoms with van der Waals surface area (Å²) in [6.07, 6.45) is 12.2. The van der Waals surface area contributed by atoms with Crippen molar-refractivity contribution in [2.24, 2.45) is 23.7 Å². The molecule has 3 heteroatoms. The third kappa shape index (κ3) is 13.8. The molecule has 2 aromatic carbocycles. The lowest BCUT2D eigenvalue weighted by Crippen LogP contribution is -2.12. The molecule has 2 aromatic rings. The van der Waals surface area contributed by atoms with E-state index >= 15 is 0 Å². The van der Waals surface area contributed by atoms with Crippen molar-refractivity contribution < 1.29 is 9.53 Å². The maximum Gasteiger partial charge on any atom is 0.311 e. The van der Waals surface area contributed by atoms with Crippen molar-refractivity contribution in [1.82, 2.24) is 0 Å². The fraction of sp³-hybridized carbons (Fsp3) is 0.594. The Morgan fingerprint density at radius 3 is 1.69 bits per heavy atom. The second kappa shape index (κ2) is 16.8. The minimum atomic E-state index is -0.125. The number of carbonyl (C=O) groups is 1. The highest BCUT2D eigenvalue weighted by atomic mass is 32.2. The van der Waals surface area contributed by atoms with Gasteiger partial charge >= 0.3 is 5.97 Å². The van der Waals surface area contributed by atoms with Crippen molar-refractivity contribution in [3.05, 3.63) is 54.6 Å². The summed E-state index contributed by atoms with van der Waals surface area (Å²) < 4.78 is 5.59. The van der Waals surface area contributed by atoms with E-state index in [4.69, 9.17) is 4.74 Å². The number of hydrogen-bond donors (Lipinski definition) is 0. The van der Waals surface area contributed by atoms with E-state index in [0.717, 1.165) is 29.1 Å². The standard InChI is InChI=1S/C32H48O2S/c1-25(2)12-9-13-26(3)14-10-15-27(4)16-11-17-28(5)24-32(33)34-29-20-22-31(23-21-29)35-30-18-7-6-8-19-30/h6-8,18-23,25-28H,9-17,24H2,1-5H3. The van der Waals surface area contributed by atoms with E-state index < -0.39 is 0 Å². The van der Waals surface area contributed by atoms with Crippen LogP contribution < -0.4 is 4.74 Å². The molecule has 0 fully saturated rings. The molecule has 194 valence electrons. The zero-order chi connectivity index (χ0) is 25.5. The van der Waals surface area contributed by atoms with E-state index in [1.54, 1.807) is 11.8 Å². The predicted molar refractivity (Wildman–Crippen MR) is 151 cm³/mol. The Labute approximate surface area is 219 Å². The van der Waals surface area contributed by atoms with Gasteiger partial charge in [-0.2, -0.15) is 0 Å². The average Bonchev–Trinajstić information content (AvgIpc) is 2.80. The molecule has 0 heterocycles. The third-order valence-electron chi connectivity index (χ3n) is 6.82. The molecular formula is C32H48O2S. The van der Waals surface area contributed by atoms with Gasteiger partial charge in [0, 0.05) is 16.2 Å². The Morgan fingerprint density at radius 2 is 1.14 bits per heavy atom. The lowest BCUT2D eigenvalue weighted by Gasteiger charge is -2.16. The number of rotatable bonds is 17. The van der Waals surface area contributed by atoms with Gasteiger partial charge in [-0.15, -0.1) is 0 Å². The molecule has 0 spiro atoms. The third-order valence-corrected chi connectivity index (χ3v) is 7.83. The van der Waals surface area contributed by atoms with Crippen molar-refractivity contribution in [3.8, 4) is 5.75 Å². The molecule has 0 bridgehead atoms. The van der Waals surface area contributed by atoms with Gasteiger partial charge in [0.15, 0.2) is 0 Å². The van der Waals surface area contributed by atoms with Crippen LogP contribution in [-0.2, 0) is 4.79 Å². The summed E-state index contributed by atoms with van der Waals surface area (Å²) in [6, 6.07) is 18.1. The second-order valence-corrected chi connectivity index (χ2v) is 12.2. The molecule has 2 nitrogen and oxygen atoms in total. The van der Waals surface area contributed by atoms with Crippen molar-refractivity contribution in [2.75, 3.05) is 0 Å². The Balaban J connectivity index is 1.56. The summed E-state index contributed by atoms with van der Waals surface area (Å²) >= 11 is 1.71. The van der Waals surface area contributed by atoms with Gasteiger partial charge in [-0.3, -0.25) is 4.79 Å². The van der Waals surface area contributed by atoms with Gasteiger partial charge in [-0.1, -0.05) is 122 Å². The molecule has 0 aliphatic heterocycles. The highest BCUT2D eigenvalue weighted by molar-refractivity contribution is 7.99. The van der Waals surface area contributed by atoms with Crippen molar-refractivity contribution in [2.45, 2.75) is 109 Å². The van der Waals surface area contributed by atoms with E-state index in [1.807, 2.05) is 42.5 Å². The smallest absolute Gasteiger partial charge is 0.311 e. The van der Waals surface area contributed by atoms with Gasteiger partial charge in [0.2, 0.25) is 0 Å². The Bertz CT molecular complexity index is 815. The second-order valence-electron chi connectivity index (χ2n) is 11.1. The highest BCUT2D eigenvalue weighted by Gasteiger charge is 2.13. The maximum absolute atomic E-state index is 12.4. The number of carbonyl (C=O) groups excluding carboxylic acids is 1. The largest absolute Gasteiger partial charge is 0.427 e. The SMILES string of the molecule is CC(C)CCCC(C)CCCC(C)CCCC(C)CC(=O)Oc1ccc(Sc2ccccc2)cc1. The van der Waals surface area contributed by atoms with Crippen molar-refractivity contribution in [3.63, 3.8) is 0 Å². The molecule has 0 amide bonds. The Morgan fingerprint density at radius 1 is 0.657 bits per heavy atom. The van der Waals surface area contributed by atoms with Gasteiger partial charge in [0.25, 0.3) is 0 Å². The Hall–Kier alpha value is -1.74. The van der Waals surface area contributed by atoms with E-state index in [-0.39, 0.29) is 5.97 Å². The summed E-state index contributed by atoms with van der Waals surface area (Å²) in [6.45, 7) is 11.6. The molecule has 0 aliphatic carbocycles. The molecule has 0 aliphatic rings. The van der Waals surface area contributed by atoms with Crippen LogP contribution in [0.15, 0.2) is 64.4 Å². The van der Waals surface area contributed by atoms with Crippen LogP contribution in [0.3, 0.4) is 0 Å².